The molecule has 4 rings (SSSR count). The molecule has 0 spiro atoms. The normalized spacial score (nSPS) is 27.6. The molecule has 27 heavy (non-hydrogen) atoms. The zero-order valence-electron chi connectivity index (χ0n) is 16.3. The average Bonchev–Trinajstić information content (AvgIpc) is 2.92. The molecule has 2 aromatic rings. The third kappa shape index (κ3) is 3.51. The Bertz CT molecular complexity index is 762. The minimum Gasteiger partial charge on any atom is -0.497 e. The van der Waals surface area contributed by atoms with E-state index in [0.29, 0.717) is 12.1 Å². The second-order valence-electron chi connectivity index (χ2n) is 8.01. The maximum absolute atomic E-state index is 11.4. The fraction of sp³-hybridized carbons (Fsp3) is 0.524. The average molecular weight is 368 g/mol. The number of hydrogen-bond donors (Lipinski definition) is 1. The number of anilines is 1. The molecule has 2 fully saturated rings. The maximum Gasteiger partial charge on any atom is 0.224 e. The number of nitrogens with zero attached hydrogens (tertiary/aromatic N) is 4. The SMILES string of the molecule is COc1ccc(C2(O)C[C@H]3CC[C@@H](C2)N3Cc2cnc(N(C)C)nc2)cc1. The van der Waals surface area contributed by atoms with Crippen LogP contribution in [0.2, 0.25) is 0 Å². The van der Waals surface area contributed by atoms with Gasteiger partial charge in [0.05, 0.1) is 12.7 Å². The molecule has 1 aromatic carbocycles. The molecule has 6 heteroatoms. The van der Waals surface area contributed by atoms with Crippen LogP contribution in [0.4, 0.5) is 5.95 Å². The van der Waals surface area contributed by atoms with Crippen LogP contribution < -0.4 is 9.64 Å². The van der Waals surface area contributed by atoms with Gasteiger partial charge in [-0.05, 0) is 43.4 Å². The number of aliphatic hydroxyl groups is 1. The van der Waals surface area contributed by atoms with Crippen molar-refractivity contribution in [2.24, 2.45) is 0 Å². The topological polar surface area (TPSA) is 61.7 Å². The first kappa shape index (κ1) is 18.2. The fourth-order valence-electron chi connectivity index (χ4n) is 4.58. The molecule has 144 valence electrons. The third-order valence-electron chi connectivity index (χ3n) is 6.00. The van der Waals surface area contributed by atoms with Gasteiger partial charge in [0.2, 0.25) is 5.95 Å². The summed E-state index contributed by atoms with van der Waals surface area (Å²) < 4.78 is 5.25. The van der Waals surface area contributed by atoms with Crippen LogP contribution in [0.1, 0.15) is 36.8 Å². The fourth-order valence-corrected chi connectivity index (χ4v) is 4.58. The summed E-state index contributed by atoms with van der Waals surface area (Å²) in [7, 11) is 5.55. The first-order chi connectivity index (χ1) is 13.0. The van der Waals surface area contributed by atoms with E-state index >= 15 is 0 Å². The van der Waals surface area contributed by atoms with Gasteiger partial charge in [-0.3, -0.25) is 4.90 Å². The largest absolute Gasteiger partial charge is 0.497 e. The Morgan fingerprint density at radius 3 is 2.22 bits per heavy atom. The molecule has 0 saturated carbocycles. The van der Waals surface area contributed by atoms with Crippen molar-refractivity contribution in [1.82, 2.24) is 14.9 Å². The highest BCUT2D eigenvalue weighted by atomic mass is 16.5. The summed E-state index contributed by atoms with van der Waals surface area (Å²) in [6.07, 6.45) is 7.66. The number of aromatic nitrogens is 2. The van der Waals surface area contributed by atoms with E-state index in [4.69, 9.17) is 4.74 Å². The Morgan fingerprint density at radius 1 is 1.11 bits per heavy atom. The lowest BCUT2D eigenvalue weighted by Crippen LogP contribution is -2.49. The van der Waals surface area contributed by atoms with Crippen molar-refractivity contribution in [3.8, 4) is 5.75 Å². The van der Waals surface area contributed by atoms with Crippen LogP contribution in [0.25, 0.3) is 0 Å². The number of hydrogen-bond acceptors (Lipinski definition) is 6. The quantitative estimate of drug-likeness (QED) is 0.875. The van der Waals surface area contributed by atoms with Gasteiger partial charge in [-0.15, -0.1) is 0 Å². The molecule has 0 aliphatic carbocycles. The van der Waals surface area contributed by atoms with Crippen molar-refractivity contribution in [3.05, 3.63) is 47.8 Å². The molecule has 1 unspecified atom stereocenters. The number of methoxy groups -OCH3 is 1. The molecule has 2 saturated heterocycles. The van der Waals surface area contributed by atoms with E-state index in [1.54, 1.807) is 7.11 Å². The van der Waals surface area contributed by atoms with Gasteiger partial charge >= 0.3 is 0 Å². The van der Waals surface area contributed by atoms with Crippen LogP contribution in [0, 0.1) is 0 Å². The highest BCUT2D eigenvalue weighted by molar-refractivity contribution is 5.32. The number of benzene rings is 1. The highest BCUT2D eigenvalue weighted by Gasteiger charge is 2.48. The lowest BCUT2D eigenvalue weighted by molar-refractivity contribution is -0.0595. The van der Waals surface area contributed by atoms with Gasteiger partial charge in [0.1, 0.15) is 5.75 Å². The minimum absolute atomic E-state index is 0.393. The molecular weight excluding hydrogens is 340 g/mol. The van der Waals surface area contributed by atoms with Gasteiger partial charge in [-0.1, -0.05) is 12.1 Å². The van der Waals surface area contributed by atoms with Crippen LogP contribution in [-0.4, -0.2) is 53.3 Å². The molecule has 3 heterocycles. The smallest absolute Gasteiger partial charge is 0.224 e. The van der Waals surface area contributed by atoms with Gasteiger partial charge in [-0.2, -0.15) is 0 Å². The van der Waals surface area contributed by atoms with Crippen LogP contribution in [0.5, 0.6) is 5.75 Å². The molecule has 2 aliphatic rings. The van der Waals surface area contributed by atoms with Gasteiger partial charge in [0.25, 0.3) is 0 Å². The van der Waals surface area contributed by atoms with Gasteiger partial charge in [0.15, 0.2) is 0 Å². The van der Waals surface area contributed by atoms with E-state index in [9.17, 15) is 5.11 Å². The van der Waals surface area contributed by atoms with Crippen molar-refractivity contribution < 1.29 is 9.84 Å². The van der Waals surface area contributed by atoms with E-state index < -0.39 is 5.60 Å². The number of rotatable bonds is 5. The predicted octanol–water partition coefficient (Wildman–Crippen LogP) is 2.57. The molecule has 1 N–H and O–H groups in total. The molecule has 1 aromatic heterocycles. The van der Waals surface area contributed by atoms with E-state index in [2.05, 4.69) is 14.9 Å². The zero-order valence-corrected chi connectivity index (χ0v) is 16.3. The molecule has 0 amide bonds. The number of fused-ring (bicyclic) bond motifs is 2. The Labute approximate surface area is 160 Å². The van der Waals surface area contributed by atoms with Crippen molar-refractivity contribution in [2.45, 2.75) is 49.9 Å². The van der Waals surface area contributed by atoms with Gasteiger partial charge < -0.3 is 14.7 Å². The van der Waals surface area contributed by atoms with E-state index in [1.165, 1.54) is 0 Å². The summed E-state index contributed by atoms with van der Waals surface area (Å²) in [6.45, 7) is 0.849. The number of piperidine rings is 1. The molecular formula is C21H28N4O2. The second-order valence-corrected chi connectivity index (χ2v) is 8.01. The lowest BCUT2D eigenvalue weighted by Gasteiger charge is -2.44. The van der Waals surface area contributed by atoms with Crippen LogP contribution in [0.3, 0.4) is 0 Å². The van der Waals surface area contributed by atoms with E-state index in [0.717, 1.165) is 55.1 Å². The van der Waals surface area contributed by atoms with Crippen LogP contribution in [-0.2, 0) is 12.1 Å². The third-order valence-corrected chi connectivity index (χ3v) is 6.00. The maximum atomic E-state index is 11.4. The summed E-state index contributed by atoms with van der Waals surface area (Å²) in [5.74, 6) is 1.55. The molecule has 2 aliphatic heterocycles. The van der Waals surface area contributed by atoms with Gasteiger partial charge in [-0.25, -0.2) is 9.97 Å². The van der Waals surface area contributed by atoms with Crippen molar-refractivity contribution in [1.29, 1.82) is 0 Å². The standard InChI is InChI=1S/C21H28N4O2/c1-24(2)20-22-12-15(13-23-20)14-25-17-6-7-18(25)11-21(26,10-17)16-4-8-19(27-3)9-5-16/h4-5,8-9,12-13,17-18,26H,6-7,10-11,14H2,1-3H3/t17-,18+,21?. The number of ether oxygens (including phenoxy) is 1. The van der Waals surface area contributed by atoms with Crippen LogP contribution in [0.15, 0.2) is 36.7 Å². The van der Waals surface area contributed by atoms with E-state index in [1.807, 2.05) is 55.7 Å². The van der Waals surface area contributed by atoms with Crippen molar-refractivity contribution >= 4 is 5.95 Å². The van der Waals surface area contributed by atoms with Crippen molar-refractivity contribution in [2.75, 3.05) is 26.1 Å². The summed E-state index contributed by atoms with van der Waals surface area (Å²) in [5, 5.41) is 11.4. The summed E-state index contributed by atoms with van der Waals surface area (Å²) in [6, 6.07) is 8.66. The monoisotopic (exact) mass is 368 g/mol. The lowest BCUT2D eigenvalue weighted by atomic mass is 9.80. The molecule has 3 atom stereocenters. The van der Waals surface area contributed by atoms with E-state index in [-0.39, 0.29) is 0 Å². The summed E-state index contributed by atoms with van der Waals surface area (Å²) in [4.78, 5) is 13.3. The molecule has 6 nitrogen and oxygen atoms in total. The molecule has 0 radical (unpaired) electrons. The van der Waals surface area contributed by atoms with Crippen molar-refractivity contribution in [3.63, 3.8) is 0 Å². The zero-order chi connectivity index (χ0) is 19.0. The first-order valence-corrected chi connectivity index (χ1v) is 9.59. The first-order valence-electron chi connectivity index (χ1n) is 9.59. The predicted molar refractivity (Wildman–Crippen MR) is 105 cm³/mol. The Balaban J connectivity index is 1.48. The second kappa shape index (κ2) is 7.09. The highest BCUT2D eigenvalue weighted by Crippen LogP contribution is 2.46. The minimum atomic E-state index is -0.750. The Morgan fingerprint density at radius 2 is 1.70 bits per heavy atom. The Kier molecular flexibility index (Phi) is 4.78. The van der Waals surface area contributed by atoms with Crippen LogP contribution >= 0.6 is 0 Å². The van der Waals surface area contributed by atoms with Gasteiger partial charge in [0, 0.05) is 50.7 Å². The molecule has 2 bridgehead atoms. The summed E-state index contributed by atoms with van der Waals surface area (Å²) >= 11 is 0. The summed E-state index contributed by atoms with van der Waals surface area (Å²) in [5.41, 5.74) is 1.38. The Hall–Kier alpha value is -2.18.